The van der Waals surface area contributed by atoms with Crippen molar-refractivity contribution in [1.82, 2.24) is 0 Å². The molecule has 0 saturated carbocycles. The molecule has 1 aromatic rings. The molecule has 0 spiro atoms. The van der Waals surface area contributed by atoms with Crippen LogP contribution in [0.3, 0.4) is 0 Å². The number of rotatable bonds is 2. The first kappa shape index (κ1) is 10.7. The van der Waals surface area contributed by atoms with Crippen molar-refractivity contribution in [3.05, 3.63) is 29.6 Å². The first-order valence-corrected chi connectivity index (χ1v) is 4.33. The Kier molecular flexibility index (Phi) is 3.19. The molecule has 14 heavy (non-hydrogen) atoms. The van der Waals surface area contributed by atoms with Gasteiger partial charge in [-0.15, -0.1) is 0 Å². The molecule has 0 unspecified atom stereocenters. The molecule has 4 heteroatoms. The second-order valence-electron chi connectivity index (χ2n) is 3.24. The van der Waals surface area contributed by atoms with Crippen molar-refractivity contribution in [2.45, 2.75) is 19.9 Å². The van der Waals surface area contributed by atoms with Gasteiger partial charge in [0, 0.05) is 5.69 Å². The number of hydrogen-bond donors (Lipinski definition) is 2. The van der Waals surface area contributed by atoms with Crippen molar-refractivity contribution in [1.29, 1.82) is 0 Å². The van der Waals surface area contributed by atoms with E-state index in [9.17, 15) is 9.18 Å². The fourth-order valence-electron chi connectivity index (χ4n) is 0.979. The van der Waals surface area contributed by atoms with E-state index < -0.39 is 6.04 Å². The van der Waals surface area contributed by atoms with E-state index in [1.807, 2.05) is 0 Å². The monoisotopic (exact) mass is 196 g/mol. The lowest BCUT2D eigenvalue weighted by molar-refractivity contribution is -0.117. The van der Waals surface area contributed by atoms with Crippen LogP contribution in [0.25, 0.3) is 0 Å². The summed E-state index contributed by atoms with van der Waals surface area (Å²) in [6, 6.07) is 3.81. The van der Waals surface area contributed by atoms with Crippen LogP contribution in [-0.2, 0) is 4.79 Å². The zero-order valence-corrected chi connectivity index (χ0v) is 8.17. The van der Waals surface area contributed by atoms with Gasteiger partial charge >= 0.3 is 0 Å². The van der Waals surface area contributed by atoms with Crippen LogP contribution in [0.2, 0.25) is 0 Å². The van der Waals surface area contributed by atoms with E-state index in [4.69, 9.17) is 5.73 Å². The van der Waals surface area contributed by atoms with E-state index in [1.165, 1.54) is 12.1 Å². The highest BCUT2D eigenvalue weighted by Gasteiger charge is 2.07. The largest absolute Gasteiger partial charge is 0.325 e. The molecule has 1 aromatic carbocycles. The molecule has 1 amide bonds. The van der Waals surface area contributed by atoms with Crippen molar-refractivity contribution in [2.75, 3.05) is 5.32 Å². The number of anilines is 1. The molecule has 0 aromatic heterocycles. The normalized spacial score (nSPS) is 12.3. The van der Waals surface area contributed by atoms with Gasteiger partial charge in [0.25, 0.3) is 0 Å². The highest BCUT2D eigenvalue weighted by atomic mass is 19.1. The average molecular weight is 196 g/mol. The molecule has 0 fully saturated rings. The Bertz CT molecular complexity index is 350. The molecule has 76 valence electrons. The van der Waals surface area contributed by atoms with Gasteiger partial charge in [0.15, 0.2) is 0 Å². The molecule has 0 aliphatic heterocycles. The van der Waals surface area contributed by atoms with Gasteiger partial charge in [-0.1, -0.05) is 0 Å². The minimum Gasteiger partial charge on any atom is -0.325 e. The number of amides is 1. The summed E-state index contributed by atoms with van der Waals surface area (Å²) in [6.45, 7) is 3.22. The van der Waals surface area contributed by atoms with Crippen LogP contribution >= 0.6 is 0 Å². The molecule has 0 heterocycles. The van der Waals surface area contributed by atoms with Gasteiger partial charge in [-0.25, -0.2) is 4.39 Å². The van der Waals surface area contributed by atoms with Crippen molar-refractivity contribution in [3.8, 4) is 0 Å². The number of carbonyl (C=O) groups excluding carboxylic acids is 1. The van der Waals surface area contributed by atoms with E-state index in [-0.39, 0.29) is 11.7 Å². The van der Waals surface area contributed by atoms with Gasteiger partial charge in [0.2, 0.25) is 5.91 Å². The zero-order chi connectivity index (χ0) is 10.7. The summed E-state index contributed by atoms with van der Waals surface area (Å²) in [6.07, 6.45) is 0. The Morgan fingerprint density at radius 1 is 1.57 bits per heavy atom. The number of nitrogens with two attached hydrogens (primary N) is 1. The number of carbonyl (C=O) groups is 1. The summed E-state index contributed by atoms with van der Waals surface area (Å²) < 4.78 is 12.9. The SMILES string of the molecule is Cc1cc(NC(=O)[C@H](C)N)ccc1F. The molecule has 0 aliphatic rings. The topological polar surface area (TPSA) is 55.1 Å². The quantitative estimate of drug-likeness (QED) is 0.751. The first-order chi connectivity index (χ1) is 6.50. The lowest BCUT2D eigenvalue weighted by Gasteiger charge is -2.08. The fourth-order valence-corrected chi connectivity index (χ4v) is 0.979. The third-order valence-corrected chi connectivity index (χ3v) is 1.84. The predicted molar refractivity (Wildman–Crippen MR) is 53.4 cm³/mol. The number of benzene rings is 1. The second kappa shape index (κ2) is 4.19. The maximum atomic E-state index is 12.9. The number of hydrogen-bond acceptors (Lipinski definition) is 2. The zero-order valence-electron chi connectivity index (χ0n) is 8.17. The van der Waals surface area contributed by atoms with Crippen LogP contribution in [0, 0.1) is 12.7 Å². The second-order valence-corrected chi connectivity index (χ2v) is 3.24. The molecule has 0 bridgehead atoms. The highest BCUT2D eigenvalue weighted by Crippen LogP contribution is 2.13. The first-order valence-electron chi connectivity index (χ1n) is 4.33. The fraction of sp³-hybridized carbons (Fsp3) is 0.300. The predicted octanol–water partition coefficient (Wildman–Crippen LogP) is 1.42. The maximum Gasteiger partial charge on any atom is 0.240 e. The van der Waals surface area contributed by atoms with Crippen LogP contribution < -0.4 is 11.1 Å². The Hall–Kier alpha value is -1.42. The summed E-state index contributed by atoms with van der Waals surface area (Å²) in [5, 5.41) is 2.58. The maximum absolute atomic E-state index is 12.9. The van der Waals surface area contributed by atoms with Crippen molar-refractivity contribution in [2.24, 2.45) is 5.73 Å². The van der Waals surface area contributed by atoms with Gasteiger partial charge in [-0.05, 0) is 37.6 Å². The summed E-state index contributed by atoms with van der Waals surface area (Å²) in [5.41, 5.74) is 6.42. The van der Waals surface area contributed by atoms with Crippen LogP contribution in [-0.4, -0.2) is 11.9 Å². The van der Waals surface area contributed by atoms with Crippen molar-refractivity contribution >= 4 is 11.6 Å². The molecule has 0 radical (unpaired) electrons. The highest BCUT2D eigenvalue weighted by molar-refractivity contribution is 5.94. The minimum atomic E-state index is -0.569. The Morgan fingerprint density at radius 3 is 2.71 bits per heavy atom. The Balaban J connectivity index is 2.78. The van der Waals surface area contributed by atoms with Crippen LogP contribution in [0.1, 0.15) is 12.5 Å². The van der Waals surface area contributed by atoms with Crippen LogP contribution in [0.15, 0.2) is 18.2 Å². The molecule has 1 rings (SSSR count). The number of nitrogens with one attached hydrogen (secondary N) is 1. The van der Waals surface area contributed by atoms with Gasteiger partial charge < -0.3 is 11.1 Å². The molecule has 3 N–H and O–H groups in total. The van der Waals surface area contributed by atoms with Crippen LogP contribution in [0.5, 0.6) is 0 Å². The summed E-state index contributed by atoms with van der Waals surface area (Å²) in [7, 11) is 0. The smallest absolute Gasteiger partial charge is 0.240 e. The van der Waals surface area contributed by atoms with Crippen LogP contribution in [0.4, 0.5) is 10.1 Å². The van der Waals surface area contributed by atoms with Gasteiger partial charge in [-0.3, -0.25) is 4.79 Å². The van der Waals surface area contributed by atoms with Gasteiger partial charge in [0.05, 0.1) is 6.04 Å². The Labute approximate surface area is 82.1 Å². The van der Waals surface area contributed by atoms with Crippen molar-refractivity contribution < 1.29 is 9.18 Å². The number of halogens is 1. The lowest BCUT2D eigenvalue weighted by Crippen LogP contribution is -2.32. The summed E-state index contributed by atoms with van der Waals surface area (Å²) in [4.78, 5) is 11.2. The van der Waals surface area contributed by atoms with Gasteiger partial charge in [-0.2, -0.15) is 0 Å². The molecular formula is C10H13FN2O. The molecule has 0 aliphatic carbocycles. The van der Waals surface area contributed by atoms with E-state index in [0.29, 0.717) is 11.3 Å². The van der Waals surface area contributed by atoms with Gasteiger partial charge in [0.1, 0.15) is 5.82 Å². The Morgan fingerprint density at radius 2 is 2.21 bits per heavy atom. The molecule has 0 saturated heterocycles. The summed E-state index contributed by atoms with van der Waals surface area (Å²) >= 11 is 0. The van der Waals surface area contributed by atoms with E-state index in [0.717, 1.165) is 0 Å². The molecular weight excluding hydrogens is 183 g/mol. The summed E-state index contributed by atoms with van der Waals surface area (Å²) in [5.74, 6) is -0.570. The van der Waals surface area contributed by atoms with E-state index in [2.05, 4.69) is 5.32 Å². The van der Waals surface area contributed by atoms with E-state index >= 15 is 0 Å². The average Bonchev–Trinajstić information content (AvgIpc) is 2.11. The van der Waals surface area contributed by atoms with E-state index in [1.54, 1.807) is 19.9 Å². The lowest BCUT2D eigenvalue weighted by atomic mass is 10.2. The molecule has 1 atom stereocenters. The minimum absolute atomic E-state index is 0.281. The van der Waals surface area contributed by atoms with Crippen molar-refractivity contribution in [3.63, 3.8) is 0 Å². The standard InChI is InChI=1S/C10H13FN2O/c1-6-5-8(3-4-9(6)11)13-10(14)7(2)12/h3-5,7H,12H2,1-2H3,(H,13,14)/t7-/m0/s1. The number of aryl methyl sites for hydroxylation is 1. The third-order valence-electron chi connectivity index (χ3n) is 1.84. The third kappa shape index (κ3) is 2.53. The molecule has 3 nitrogen and oxygen atoms in total.